The average molecular weight is 287 g/mol. The van der Waals surface area contributed by atoms with Crippen LogP contribution >= 0.6 is 27.3 Å². The van der Waals surface area contributed by atoms with E-state index < -0.39 is 0 Å². The number of rotatable bonds is 3. The Labute approximate surface area is 98.4 Å². The van der Waals surface area contributed by atoms with Crippen LogP contribution < -0.4 is 0 Å². The van der Waals surface area contributed by atoms with Gasteiger partial charge in [-0.15, -0.1) is 11.3 Å². The molecule has 0 radical (unpaired) electrons. The van der Waals surface area contributed by atoms with Gasteiger partial charge in [-0.25, -0.2) is 0 Å². The second-order valence-electron chi connectivity index (χ2n) is 2.99. The Hall–Kier alpha value is -1.01. The van der Waals surface area contributed by atoms with Crippen molar-refractivity contribution in [2.75, 3.05) is 0 Å². The van der Waals surface area contributed by atoms with Crippen molar-refractivity contribution in [3.63, 3.8) is 0 Å². The van der Waals surface area contributed by atoms with E-state index in [4.69, 9.17) is 4.52 Å². The van der Waals surface area contributed by atoms with Gasteiger partial charge < -0.3 is 4.52 Å². The number of Topliss-reactive ketones (excluding diaryl/α,β-unsaturated/α-hetero) is 1. The van der Waals surface area contributed by atoms with Crippen molar-refractivity contribution in [2.45, 2.75) is 13.3 Å². The highest BCUT2D eigenvalue weighted by Crippen LogP contribution is 2.29. The average Bonchev–Trinajstić information content (AvgIpc) is 2.72. The quantitative estimate of drug-likeness (QED) is 0.871. The van der Waals surface area contributed by atoms with E-state index in [-0.39, 0.29) is 12.2 Å². The van der Waals surface area contributed by atoms with Crippen LogP contribution in [0.1, 0.15) is 12.8 Å². The number of ketones is 1. The fourth-order valence-corrected chi connectivity index (χ4v) is 2.39. The number of hydrogen-bond donors (Lipinski definition) is 0. The predicted octanol–water partition coefficient (Wildman–Crippen LogP) is 2.69. The number of halogens is 1. The largest absolute Gasteiger partial charge is 0.338 e. The van der Waals surface area contributed by atoms with Crippen molar-refractivity contribution in [2.24, 2.45) is 0 Å². The second-order valence-corrected chi connectivity index (χ2v) is 5.46. The van der Waals surface area contributed by atoms with Gasteiger partial charge in [-0.05, 0) is 35.0 Å². The summed E-state index contributed by atoms with van der Waals surface area (Å²) in [5.74, 6) is 0.904. The van der Waals surface area contributed by atoms with Crippen LogP contribution in [0.2, 0.25) is 0 Å². The zero-order chi connectivity index (χ0) is 10.8. The van der Waals surface area contributed by atoms with E-state index >= 15 is 0 Å². The molecule has 0 saturated carbocycles. The maximum atomic E-state index is 10.8. The molecular weight excluding hydrogens is 280 g/mol. The zero-order valence-corrected chi connectivity index (χ0v) is 10.3. The van der Waals surface area contributed by atoms with Crippen LogP contribution in [0, 0.1) is 0 Å². The lowest BCUT2D eigenvalue weighted by Crippen LogP contribution is -1.95. The fourth-order valence-electron chi connectivity index (χ4n) is 1.07. The number of aromatic nitrogens is 2. The first-order valence-electron chi connectivity index (χ1n) is 4.23. The summed E-state index contributed by atoms with van der Waals surface area (Å²) in [4.78, 5) is 15.9. The lowest BCUT2D eigenvalue weighted by atomic mass is 10.3. The van der Waals surface area contributed by atoms with E-state index in [2.05, 4.69) is 26.1 Å². The van der Waals surface area contributed by atoms with Gasteiger partial charge in [-0.2, -0.15) is 4.98 Å². The van der Waals surface area contributed by atoms with Gasteiger partial charge in [0.15, 0.2) is 0 Å². The van der Waals surface area contributed by atoms with Gasteiger partial charge in [0.05, 0.1) is 15.1 Å². The number of thiophene rings is 1. The summed E-state index contributed by atoms with van der Waals surface area (Å²) in [6.07, 6.45) is 0.194. The van der Waals surface area contributed by atoms with Crippen molar-refractivity contribution in [3.8, 4) is 10.7 Å². The Morgan fingerprint density at radius 1 is 1.60 bits per heavy atom. The first-order valence-corrected chi connectivity index (χ1v) is 5.84. The van der Waals surface area contributed by atoms with Crippen molar-refractivity contribution < 1.29 is 9.32 Å². The summed E-state index contributed by atoms with van der Waals surface area (Å²) >= 11 is 4.87. The lowest BCUT2D eigenvalue weighted by molar-refractivity contribution is -0.116. The molecule has 0 unspecified atom stereocenters. The van der Waals surface area contributed by atoms with Crippen LogP contribution in [0.25, 0.3) is 10.7 Å². The Balaban J connectivity index is 2.23. The summed E-state index contributed by atoms with van der Waals surface area (Å²) in [5, 5.41) is 3.80. The number of carbonyl (C=O) groups is 1. The van der Waals surface area contributed by atoms with E-state index in [1.807, 2.05) is 12.1 Å². The van der Waals surface area contributed by atoms with Crippen molar-refractivity contribution >= 4 is 33.0 Å². The number of nitrogens with zero attached hydrogens (tertiary/aromatic N) is 2. The third kappa shape index (κ3) is 2.51. The van der Waals surface area contributed by atoms with Crippen molar-refractivity contribution in [3.05, 3.63) is 21.8 Å². The minimum Gasteiger partial charge on any atom is -0.338 e. The summed E-state index contributed by atoms with van der Waals surface area (Å²) in [6.45, 7) is 1.49. The third-order valence-corrected chi connectivity index (χ3v) is 3.28. The highest BCUT2D eigenvalue weighted by molar-refractivity contribution is 9.11. The molecule has 0 aliphatic carbocycles. The summed E-state index contributed by atoms with van der Waals surface area (Å²) < 4.78 is 5.96. The van der Waals surface area contributed by atoms with E-state index in [0.717, 1.165) is 8.66 Å². The molecule has 0 N–H and O–H groups in total. The molecule has 0 aliphatic heterocycles. The monoisotopic (exact) mass is 286 g/mol. The first kappa shape index (κ1) is 10.5. The summed E-state index contributed by atoms with van der Waals surface area (Å²) in [6, 6.07) is 3.82. The SMILES string of the molecule is CC(=O)Cc1nc(-c2ccc(Br)s2)no1. The van der Waals surface area contributed by atoms with Crippen LogP contribution in [0.4, 0.5) is 0 Å². The standard InChI is InChI=1S/C9H7BrN2O2S/c1-5(13)4-8-11-9(12-14-8)6-2-3-7(10)15-6/h2-3H,4H2,1H3. The third-order valence-electron chi connectivity index (χ3n) is 1.66. The Bertz CT molecular complexity index is 492. The van der Waals surface area contributed by atoms with Gasteiger partial charge in [0.1, 0.15) is 5.78 Å². The van der Waals surface area contributed by atoms with E-state index in [0.29, 0.717) is 11.7 Å². The highest BCUT2D eigenvalue weighted by Gasteiger charge is 2.11. The van der Waals surface area contributed by atoms with Gasteiger partial charge in [-0.3, -0.25) is 4.79 Å². The molecule has 2 rings (SSSR count). The maximum Gasteiger partial charge on any atom is 0.234 e. The van der Waals surface area contributed by atoms with Crippen LogP contribution in [0.3, 0.4) is 0 Å². The molecule has 0 saturated heterocycles. The van der Waals surface area contributed by atoms with Crippen LogP contribution in [0.15, 0.2) is 20.4 Å². The molecule has 0 aromatic carbocycles. The number of carbonyl (C=O) groups excluding carboxylic acids is 1. The second kappa shape index (κ2) is 4.24. The Morgan fingerprint density at radius 2 is 2.40 bits per heavy atom. The Morgan fingerprint density at radius 3 is 3.00 bits per heavy atom. The minimum absolute atomic E-state index is 0.0116. The van der Waals surface area contributed by atoms with Gasteiger partial charge in [0, 0.05) is 0 Å². The van der Waals surface area contributed by atoms with Crippen LogP contribution in [-0.2, 0) is 11.2 Å². The summed E-state index contributed by atoms with van der Waals surface area (Å²) in [5.41, 5.74) is 0. The zero-order valence-electron chi connectivity index (χ0n) is 7.86. The van der Waals surface area contributed by atoms with Crippen LogP contribution in [-0.4, -0.2) is 15.9 Å². The van der Waals surface area contributed by atoms with Gasteiger partial charge in [0.2, 0.25) is 11.7 Å². The molecule has 15 heavy (non-hydrogen) atoms. The molecule has 2 heterocycles. The first-order chi connectivity index (χ1) is 7.15. The molecule has 0 amide bonds. The Kier molecular flexibility index (Phi) is 2.97. The topological polar surface area (TPSA) is 56.0 Å². The molecule has 0 aliphatic rings. The normalized spacial score (nSPS) is 10.5. The molecule has 2 aromatic rings. The van der Waals surface area contributed by atoms with Crippen molar-refractivity contribution in [1.29, 1.82) is 0 Å². The van der Waals surface area contributed by atoms with Gasteiger partial charge in [0.25, 0.3) is 0 Å². The molecule has 0 spiro atoms. The highest BCUT2D eigenvalue weighted by atomic mass is 79.9. The minimum atomic E-state index is 0.0116. The molecule has 78 valence electrons. The number of hydrogen-bond acceptors (Lipinski definition) is 5. The summed E-state index contributed by atoms with van der Waals surface area (Å²) in [7, 11) is 0. The smallest absolute Gasteiger partial charge is 0.234 e. The van der Waals surface area contributed by atoms with Crippen molar-refractivity contribution in [1.82, 2.24) is 10.1 Å². The molecule has 0 atom stereocenters. The van der Waals surface area contributed by atoms with E-state index in [1.165, 1.54) is 18.3 Å². The molecule has 2 aromatic heterocycles. The van der Waals surface area contributed by atoms with E-state index in [1.54, 1.807) is 0 Å². The molecule has 4 nitrogen and oxygen atoms in total. The molecule has 0 bridgehead atoms. The van der Waals surface area contributed by atoms with Gasteiger partial charge in [-0.1, -0.05) is 5.16 Å². The lowest BCUT2D eigenvalue weighted by Gasteiger charge is -1.84. The van der Waals surface area contributed by atoms with Crippen LogP contribution in [0.5, 0.6) is 0 Å². The van der Waals surface area contributed by atoms with E-state index in [9.17, 15) is 4.79 Å². The predicted molar refractivity (Wildman–Crippen MR) is 59.7 cm³/mol. The molecule has 0 fully saturated rings. The van der Waals surface area contributed by atoms with Gasteiger partial charge >= 0.3 is 0 Å². The molecule has 6 heteroatoms. The fraction of sp³-hybridized carbons (Fsp3) is 0.222. The maximum absolute atomic E-state index is 10.8. The molecular formula is C9H7BrN2O2S.